The largest absolute Gasteiger partial charge is 0.462 e. The summed E-state index contributed by atoms with van der Waals surface area (Å²) >= 11 is 0. The molecule has 102 valence electrons. The maximum absolute atomic E-state index is 12.0. The summed E-state index contributed by atoms with van der Waals surface area (Å²) in [5.41, 5.74) is 1.16. The first-order chi connectivity index (χ1) is 9.70. The van der Waals surface area contributed by atoms with E-state index < -0.39 is 0 Å². The van der Waals surface area contributed by atoms with Gasteiger partial charge in [-0.25, -0.2) is 4.79 Å². The monoisotopic (exact) mass is 270 g/mol. The van der Waals surface area contributed by atoms with E-state index in [2.05, 4.69) is 0 Å². The van der Waals surface area contributed by atoms with Crippen LogP contribution in [0, 0.1) is 0 Å². The molecule has 0 aliphatic heterocycles. The van der Waals surface area contributed by atoms with Crippen molar-refractivity contribution < 1.29 is 18.9 Å². The summed E-state index contributed by atoms with van der Waals surface area (Å²) in [6.07, 6.45) is 3.40. The molecule has 0 amide bonds. The second-order valence-electron chi connectivity index (χ2n) is 4.27. The third kappa shape index (κ3) is 3.51. The molecule has 0 aliphatic rings. The number of nitrogens with zero attached hydrogens (tertiary/aromatic N) is 1. The van der Waals surface area contributed by atoms with E-state index in [1.165, 1.54) is 0 Å². The van der Waals surface area contributed by atoms with E-state index in [1.807, 2.05) is 18.2 Å². The number of rotatable bonds is 5. The van der Waals surface area contributed by atoms with Crippen LogP contribution in [0.15, 0.2) is 54.9 Å². The third-order valence-corrected chi connectivity index (χ3v) is 2.82. The van der Waals surface area contributed by atoms with Gasteiger partial charge < -0.3 is 4.74 Å². The van der Waals surface area contributed by atoms with Crippen LogP contribution in [-0.2, 0) is 11.3 Å². The zero-order valence-electron chi connectivity index (χ0n) is 11.3. The fourth-order valence-electron chi connectivity index (χ4n) is 1.79. The van der Waals surface area contributed by atoms with E-state index in [4.69, 9.17) is 4.74 Å². The van der Waals surface area contributed by atoms with Crippen LogP contribution in [0.1, 0.15) is 27.6 Å². The summed E-state index contributed by atoms with van der Waals surface area (Å²) in [6.45, 7) is 2.35. The third-order valence-electron chi connectivity index (χ3n) is 2.82. The van der Waals surface area contributed by atoms with Gasteiger partial charge in [0.05, 0.1) is 12.2 Å². The maximum Gasteiger partial charge on any atom is 0.338 e. The lowest BCUT2D eigenvalue weighted by Gasteiger charge is -2.01. The Balaban J connectivity index is 2.04. The lowest BCUT2D eigenvalue weighted by atomic mass is 10.1. The van der Waals surface area contributed by atoms with Gasteiger partial charge in [0, 0.05) is 17.7 Å². The quantitative estimate of drug-likeness (QED) is 0.474. The molecule has 0 atom stereocenters. The molecule has 0 saturated carbocycles. The van der Waals surface area contributed by atoms with Crippen molar-refractivity contribution in [3.05, 3.63) is 66.0 Å². The molecule has 1 aromatic heterocycles. The topological polar surface area (TPSA) is 47.2 Å². The summed E-state index contributed by atoms with van der Waals surface area (Å²) in [5.74, 6) is -0.325. The van der Waals surface area contributed by atoms with Gasteiger partial charge in [-0.05, 0) is 6.92 Å². The van der Waals surface area contributed by atoms with Gasteiger partial charge in [-0.2, -0.15) is 4.57 Å². The van der Waals surface area contributed by atoms with Crippen LogP contribution < -0.4 is 4.57 Å². The minimum atomic E-state index is -0.353. The summed E-state index contributed by atoms with van der Waals surface area (Å²) < 4.78 is 6.64. The molecule has 2 aromatic rings. The van der Waals surface area contributed by atoms with Gasteiger partial charge >= 0.3 is 5.97 Å². The van der Waals surface area contributed by atoms with Gasteiger partial charge in [0.2, 0.25) is 12.3 Å². The number of carbonyl (C=O) groups excluding carboxylic acids is 2. The Morgan fingerprint density at radius 1 is 1.00 bits per heavy atom. The average Bonchev–Trinajstić information content (AvgIpc) is 2.49. The molecule has 0 unspecified atom stereocenters. The van der Waals surface area contributed by atoms with E-state index in [9.17, 15) is 9.59 Å². The van der Waals surface area contributed by atoms with Gasteiger partial charge in [-0.15, -0.1) is 0 Å². The number of esters is 1. The molecule has 0 N–H and O–H groups in total. The predicted molar refractivity (Wildman–Crippen MR) is 73.4 cm³/mol. The Bertz CT molecular complexity index is 591. The van der Waals surface area contributed by atoms with Crippen LogP contribution in [-0.4, -0.2) is 18.4 Å². The highest BCUT2D eigenvalue weighted by Gasteiger charge is 2.13. The SMILES string of the molecule is CCOC(=O)c1cc[n+](CC(=O)c2ccccc2)cc1. The molecule has 0 spiro atoms. The summed E-state index contributed by atoms with van der Waals surface area (Å²) in [4.78, 5) is 23.5. The summed E-state index contributed by atoms with van der Waals surface area (Å²) in [6, 6.07) is 12.4. The lowest BCUT2D eigenvalue weighted by Crippen LogP contribution is -2.37. The van der Waals surface area contributed by atoms with Crippen molar-refractivity contribution in [3.8, 4) is 0 Å². The Hall–Kier alpha value is -2.49. The van der Waals surface area contributed by atoms with Crippen molar-refractivity contribution >= 4 is 11.8 Å². The van der Waals surface area contributed by atoms with Crippen LogP contribution >= 0.6 is 0 Å². The molecule has 20 heavy (non-hydrogen) atoms. The minimum Gasteiger partial charge on any atom is -0.462 e. The van der Waals surface area contributed by atoms with Crippen LogP contribution in [0.3, 0.4) is 0 Å². The number of carbonyl (C=O) groups is 2. The van der Waals surface area contributed by atoms with Crippen molar-refractivity contribution in [1.29, 1.82) is 0 Å². The van der Waals surface area contributed by atoms with Crippen LogP contribution in [0.5, 0.6) is 0 Å². The molecule has 0 bridgehead atoms. The number of hydrogen-bond acceptors (Lipinski definition) is 3. The highest BCUT2D eigenvalue weighted by atomic mass is 16.5. The number of Topliss-reactive ketones (excluding diaryl/α,β-unsaturated/α-hetero) is 1. The maximum atomic E-state index is 12.0. The first-order valence-corrected chi connectivity index (χ1v) is 6.45. The standard InChI is InChI=1S/C16H16NO3/c1-2-20-16(19)14-8-10-17(11-9-14)12-15(18)13-6-4-3-5-7-13/h3-11H,2,12H2,1H3/q+1. The Kier molecular flexibility index (Phi) is 4.60. The normalized spacial score (nSPS) is 10.1. The molecule has 2 rings (SSSR count). The van der Waals surface area contributed by atoms with Crippen molar-refractivity contribution in [1.82, 2.24) is 0 Å². The van der Waals surface area contributed by atoms with Crippen molar-refractivity contribution in [3.63, 3.8) is 0 Å². The van der Waals surface area contributed by atoms with Gasteiger partial charge in [0.1, 0.15) is 0 Å². The average molecular weight is 270 g/mol. The lowest BCUT2D eigenvalue weighted by molar-refractivity contribution is -0.683. The van der Waals surface area contributed by atoms with Crippen molar-refractivity contribution in [2.24, 2.45) is 0 Å². The van der Waals surface area contributed by atoms with E-state index in [-0.39, 0.29) is 18.3 Å². The highest BCUT2D eigenvalue weighted by molar-refractivity contribution is 5.95. The van der Waals surface area contributed by atoms with E-state index >= 15 is 0 Å². The molecular weight excluding hydrogens is 254 g/mol. The Morgan fingerprint density at radius 3 is 2.25 bits per heavy atom. The molecule has 4 heteroatoms. The van der Waals surface area contributed by atoms with Crippen LogP contribution in [0.25, 0.3) is 0 Å². The number of aromatic nitrogens is 1. The summed E-state index contributed by atoms with van der Waals surface area (Å²) in [7, 11) is 0. The molecule has 1 aromatic carbocycles. The molecule has 0 aliphatic carbocycles. The molecule has 0 fully saturated rings. The molecular formula is C16H16NO3+. The second kappa shape index (κ2) is 6.61. The Labute approximate surface area is 117 Å². The smallest absolute Gasteiger partial charge is 0.338 e. The molecule has 0 radical (unpaired) electrons. The van der Waals surface area contributed by atoms with Crippen LogP contribution in [0.2, 0.25) is 0 Å². The van der Waals surface area contributed by atoms with E-state index in [0.29, 0.717) is 17.7 Å². The fraction of sp³-hybridized carbons (Fsp3) is 0.188. The first kappa shape index (κ1) is 13.9. The number of ether oxygens (including phenoxy) is 1. The van der Waals surface area contributed by atoms with Crippen LogP contribution in [0.4, 0.5) is 0 Å². The number of pyridine rings is 1. The minimum absolute atomic E-state index is 0.0273. The Morgan fingerprint density at radius 2 is 1.65 bits per heavy atom. The van der Waals surface area contributed by atoms with E-state index in [0.717, 1.165) is 0 Å². The number of ketones is 1. The highest BCUT2D eigenvalue weighted by Crippen LogP contribution is 2.01. The zero-order valence-corrected chi connectivity index (χ0v) is 11.3. The van der Waals surface area contributed by atoms with Crippen molar-refractivity contribution in [2.45, 2.75) is 13.5 Å². The predicted octanol–water partition coefficient (Wildman–Crippen LogP) is 2.03. The number of hydrogen-bond donors (Lipinski definition) is 0. The van der Waals surface area contributed by atoms with Gasteiger partial charge in [-0.1, -0.05) is 30.3 Å². The first-order valence-electron chi connectivity index (χ1n) is 6.45. The van der Waals surface area contributed by atoms with E-state index in [1.54, 1.807) is 48.1 Å². The fourth-order valence-corrected chi connectivity index (χ4v) is 1.79. The van der Waals surface area contributed by atoms with Gasteiger partial charge in [0.25, 0.3) is 0 Å². The second-order valence-corrected chi connectivity index (χ2v) is 4.27. The molecule has 4 nitrogen and oxygen atoms in total. The van der Waals surface area contributed by atoms with Gasteiger partial charge in [0.15, 0.2) is 12.4 Å². The number of benzene rings is 1. The van der Waals surface area contributed by atoms with Crippen molar-refractivity contribution in [2.75, 3.05) is 6.61 Å². The molecule has 1 heterocycles. The summed E-state index contributed by atoms with van der Waals surface area (Å²) in [5, 5.41) is 0. The zero-order chi connectivity index (χ0) is 14.4. The molecule has 0 saturated heterocycles. The van der Waals surface area contributed by atoms with Gasteiger partial charge in [-0.3, -0.25) is 4.79 Å².